The topological polar surface area (TPSA) is 179 Å². The number of pyridine rings is 2. The van der Waals surface area contributed by atoms with Gasteiger partial charge in [-0.25, -0.2) is 28.1 Å². The van der Waals surface area contributed by atoms with Gasteiger partial charge in [0, 0.05) is 40.7 Å². The average Bonchev–Trinajstić information content (AvgIpc) is 3.27. The third kappa shape index (κ3) is 5.69. The lowest BCUT2D eigenvalue weighted by molar-refractivity contribution is -0.172. The number of alkyl carbamates (subject to hydrolysis) is 1. The maximum atomic E-state index is 15.4. The third-order valence-electron chi connectivity index (χ3n) is 7.36. The molecule has 0 aliphatic carbocycles. The summed E-state index contributed by atoms with van der Waals surface area (Å²) in [6.45, 7) is 4.20. The number of amides is 1. The van der Waals surface area contributed by atoms with Crippen molar-refractivity contribution in [2.45, 2.75) is 58.5 Å². The maximum absolute atomic E-state index is 15.4. The molecule has 5 rings (SSSR count). The number of hydrogen-bond donors (Lipinski definition) is 3. The molecule has 0 saturated carbocycles. The van der Waals surface area contributed by atoms with Crippen LogP contribution in [0.25, 0.3) is 22.3 Å². The molecule has 3 aromatic rings. The number of aromatic nitrogens is 2. The molecule has 0 saturated heterocycles. The van der Waals surface area contributed by atoms with Gasteiger partial charge in [-0.1, -0.05) is 6.92 Å². The lowest BCUT2D eigenvalue weighted by atomic mass is 9.85. The first-order valence-corrected chi connectivity index (χ1v) is 15.2. The molecule has 1 atom stereocenters. The Labute approximate surface area is 250 Å². The van der Waals surface area contributed by atoms with E-state index in [4.69, 9.17) is 29.0 Å². The number of carbonyl (C=O) groups excluding carboxylic acids is 2. The third-order valence-corrected chi connectivity index (χ3v) is 7.81. The van der Waals surface area contributed by atoms with Crippen LogP contribution in [0.3, 0.4) is 0 Å². The van der Waals surface area contributed by atoms with E-state index in [-0.39, 0.29) is 54.6 Å². The Morgan fingerprint density at radius 2 is 2.00 bits per heavy atom. The molecule has 0 radical (unpaired) electrons. The van der Waals surface area contributed by atoms with Crippen molar-refractivity contribution in [3.05, 3.63) is 56.6 Å². The van der Waals surface area contributed by atoms with Crippen LogP contribution in [0.15, 0.2) is 23.0 Å². The van der Waals surface area contributed by atoms with Crippen molar-refractivity contribution in [2.24, 2.45) is 0 Å². The minimum Gasteiger partial charge on any atom is -0.464 e. The van der Waals surface area contributed by atoms with E-state index >= 15 is 4.39 Å². The van der Waals surface area contributed by atoms with E-state index in [2.05, 4.69) is 9.84 Å². The van der Waals surface area contributed by atoms with Crippen LogP contribution >= 0.6 is 7.82 Å². The normalized spacial score (nSPS) is 17.4. The SMILES string of the molecule is CC[C@@]1(OC(=O)NC(C)C)C(=O)OCc2c1cc1n(c2=O)Cc2cc3c(CN(C)C)c(OCOP(=O)(O)O)c(F)cc3nc2-1. The van der Waals surface area contributed by atoms with E-state index < -0.39 is 43.7 Å². The number of carbonyl (C=O) groups is 2. The zero-order valence-corrected chi connectivity index (χ0v) is 25.6. The van der Waals surface area contributed by atoms with Crippen molar-refractivity contribution in [3.8, 4) is 17.1 Å². The number of halogens is 1. The largest absolute Gasteiger partial charge is 0.472 e. The summed E-state index contributed by atoms with van der Waals surface area (Å²) in [5.74, 6) is -1.90. The molecule has 2 aliphatic rings. The Morgan fingerprint density at radius 3 is 2.64 bits per heavy atom. The number of ether oxygens (including phenoxy) is 3. The zero-order valence-electron chi connectivity index (χ0n) is 24.7. The summed E-state index contributed by atoms with van der Waals surface area (Å²) in [5.41, 5.74) is -0.00534. The molecule has 1 aromatic carbocycles. The van der Waals surface area contributed by atoms with Gasteiger partial charge in [0.1, 0.15) is 6.61 Å². The number of nitrogens with one attached hydrogen (secondary N) is 1. The van der Waals surface area contributed by atoms with Crippen LogP contribution in [0.4, 0.5) is 9.18 Å². The molecular weight excluding hydrogens is 602 g/mol. The molecule has 1 amide bonds. The van der Waals surface area contributed by atoms with E-state index in [0.29, 0.717) is 27.9 Å². The van der Waals surface area contributed by atoms with Crippen LogP contribution in [0, 0.1) is 5.82 Å². The van der Waals surface area contributed by atoms with Gasteiger partial charge in [-0.3, -0.25) is 4.79 Å². The summed E-state index contributed by atoms with van der Waals surface area (Å²) in [6, 6.07) is 4.20. The Bertz CT molecular complexity index is 1790. The van der Waals surface area contributed by atoms with Crippen molar-refractivity contribution in [1.82, 2.24) is 19.8 Å². The second-order valence-electron chi connectivity index (χ2n) is 11.1. The highest BCUT2D eigenvalue weighted by atomic mass is 31.2. The predicted molar refractivity (Wildman–Crippen MR) is 153 cm³/mol. The van der Waals surface area contributed by atoms with Gasteiger partial charge >= 0.3 is 19.9 Å². The molecule has 0 bridgehead atoms. The highest BCUT2D eigenvalue weighted by Gasteiger charge is 2.50. The standard InChI is InChI=1S/C28H32FN4O10P/c1-6-28(43-27(36)30-14(2)3)19-8-22-23-15(10-33(22)25(34)18(19)12-40-26(28)35)7-16-17(11-32(4)5)24(20(29)9-21(16)31-23)41-13-42-44(37,38)39/h7-9,14H,6,10-13H2,1-5H3,(H,30,36)(H2,37,38,39)/t28-/m0/s1. The number of esters is 1. The quantitative estimate of drug-likeness (QED) is 0.140. The molecule has 0 fully saturated rings. The van der Waals surface area contributed by atoms with Crippen LogP contribution in [-0.4, -0.2) is 63.2 Å². The monoisotopic (exact) mass is 634 g/mol. The van der Waals surface area contributed by atoms with Gasteiger partial charge in [-0.2, -0.15) is 0 Å². The number of rotatable bonds is 9. The highest BCUT2D eigenvalue weighted by molar-refractivity contribution is 7.46. The van der Waals surface area contributed by atoms with Gasteiger partial charge in [0.25, 0.3) is 5.56 Å². The molecule has 3 N–H and O–H groups in total. The number of cyclic esters (lactones) is 1. The van der Waals surface area contributed by atoms with E-state index in [1.54, 1.807) is 51.9 Å². The Morgan fingerprint density at radius 1 is 1.27 bits per heavy atom. The lowest BCUT2D eigenvalue weighted by Crippen LogP contribution is -2.49. The van der Waals surface area contributed by atoms with E-state index in [1.807, 2.05) is 0 Å². The van der Waals surface area contributed by atoms with Crippen LogP contribution in [0.5, 0.6) is 5.75 Å². The Hall–Kier alpha value is -3.88. The molecule has 16 heteroatoms. The first-order valence-electron chi connectivity index (χ1n) is 13.7. The fourth-order valence-corrected chi connectivity index (χ4v) is 5.69. The highest BCUT2D eigenvalue weighted by Crippen LogP contribution is 2.42. The molecule has 2 aliphatic heterocycles. The molecule has 4 heterocycles. The predicted octanol–water partition coefficient (Wildman–Crippen LogP) is 2.87. The summed E-state index contributed by atoms with van der Waals surface area (Å²) in [7, 11) is -1.36. The molecule has 0 spiro atoms. The van der Waals surface area contributed by atoms with Gasteiger partial charge < -0.3 is 38.8 Å². The molecule has 236 valence electrons. The molecule has 0 unspecified atom stereocenters. The van der Waals surface area contributed by atoms with Crippen molar-refractivity contribution in [3.63, 3.8) is 0 Å². The summed E-state index contributed by atoms with van der Waals surface area (Å²) in [6.07, 6.45) is -0.844. The smallest absolute Gasteiger partial charge is 0.464 e. The molecule has 44 heavy (non-hydrogen) atoms. The van der Waals surface area contributed by atoms with Crippen molar-refractivity contribution < 1.29 is 47.1 Å². The summed E-state index contributed by atoms with van der Waals surface area (Å²) in [4.78, 5) is 64.0. The first-order chi connectivity index (χ1) is 20.6. The number of benzene rings is 1. The second kappa shape index (κ2) is 11.6. The summed E-state index contributed by atoms with van der Waals surface area (Å²) < 4.78 is 48.7. The minimum atomic E-state index is -4.86. The number of hydrogen-bond acceptors (Lipinski definition) is 10. The zero-order chi connectivity index (χ0) is 32.1. The van der Waals surface area contributed by atoms with Crippen molar-refractivity contribution in [2.75, 3.05) is 20.9 Å². The minimum absolute atomic E-state index is 0.00113. The summed E-state index contributed by atoms with van der Waals surface area (Å²) >= 11 is 0. The summed E-state index contributed by atoms with van der Waals surface area (Å²) in [5, 5.41) is 3.08. The first kappa shape index (κ1) is 31.5. The van der Waals surface area contributed by atoms with Gasteiger partial charge in [-0.15, -0.1) is 0 Å². The van der Waals surface area contributed by atoms with Crippen LogP contribution in [-0.2, 0) is 48.7 Å². The van der Waals surface area contributed by atoms with Crippen molar-refractivity contribution >= 4 is 30.8 Å². The Kier molecular flexibility index (Phi) is 8.29. The number of fused-ring (bicyclic) bond motifs is 5. The number of phosphoric acid groups is 1. The van der Waals surface area contributed by atoms with E-state index in [0.717, 1.165) is 6.07 Å². The number of nitrogens with zero attached hydrogens (tertiary/aromatic N) is 3. The average molecular weight is 635 g/mol. The van der Waals surface area contributed by atoms with Gasteiger partial charge in [0.15, 0.2) is 11.6 Å². The van der Waals surface area contributed by atoms with Crippen LogP contribution in [0.1, 0.15) is 49.4 Å². The fourth-order valence-electron chi connectivity index (χ4n) is 5.50. The van der Waals surface area contributed by atoms with Crippen LogP contribution in [0.2, 0.25) is 0 Å². The molecule has 14 nitrogen and oxygen atoms in total. The van der Waals surface area contributed by atoms with Gasteiger partial charge in [0.05, 0.1) is 29.0 Å². The second-order valence-corrected chi connectivity index (χ2v) is 12.3. The van der Waals surface area contributed by atoms with E-state index in [1.165, 1.54) is 4.57 Å². The molecule has 2 aromatic heterocycles. The maximum Gasteiger partial charge on any atom is 0.472 e. The number of phosphoric ester groups is 1. The fraction of sp³-hybridized carbons (Fsp3) is 0.429. The lowest BCUT2D eigenvalue weighted by Gasteiger charge is -2.35. The van der Waals surface area contributed by atoms with Gasteiger partial charge in [0.2, 0.25) is 12.4 Å². The molecular formula is C28H32FN4O10P. The van der Waals surface area contributed by atoms with Gasteiger partial charge in [-0.05, 0) is 46.5 Å². The van der Waals surface area contributed by atoms with Crippen LogP contribution < -0.4 is 15.6 Å². The Balaban J connectivity index is 1.65. The van der Waals surface area contributed by atoms with E-state index in [9.17, 15) is 18.9 Å². The van der Waals surface area contributed by atoms with Crippen molar-refractivity contribution in [1.29, 1.82) is 0 Å².